The zero-order valence-electron chi connectivity index (χ0n) is 17.6. The molecule has 4 aliphatic carbocycles. The Hall–Kier alpha value is -2.34. The summed E-state index contributed by atoms with van der Waals surface area (Å²) >= 11 is 0. The van der Waals surface area contributed by atoms with E-state index in [-0.39, 0.29) is 5.92 Å². The van der Waals surface area contributed by atoms with Gasteiger partial charge in [-0.25, -0.2) is 0 Å². The summed E-state index contributed by atoms with van der Waals surface area (Å²) in [4.78, 5) is 0. The van der Waals surface area contributed by atoms with E-state index < -0.39 is 23.1 Å². The zero-order chi connectivity index (χ0) is 19.6. The lowest BCUT2D eigenvalue weighted by Crippen LogP contribution is -2.37. The van der Waals surface area contributed by atoms with Crippen LogP contribution in [0.15, 0.2) is 72.8 Å². The molecule has 3 aromatic carbocycles. The van der Waals surface area contributed by atoms with E-state index in [1.54, 1.807) is 0 Å². The number of rotatable bonds is 0. The molecular weight excluding hydrogens is 312 g/mol. The Labute approximate surface area is 159 Å². The Morgan fingerprint density at radius 2 is 1.08 bits per heavy atom. The molecule has 0 aromatic heterocycles. The van der Waals surface area contributed by atoms with E-state index in [0.717, 1.165) is 47.1 Å². The fourth-order valence-corrected chi connectivity index (χ4v) is 6.67. The molecule has 0 heteroatoms. The highest BCUT2D eigenvalue weighted by molar-refractivity contribution is 5.66. The molecule has 1 saturated carbocycles. The number of hydrogen-bond acceptors (Lipinski definition) is 0. The molecule has 0 bridgehead atoms. The third-order valence-electron chi connectivity index (χ3n) is 7.30. The van der Waals surface area contributed by atoms with Crippen LogP contribution in [-0.2, 0) is 0 Å². The summed E-state index contributed by atoms with van der Waals surface area (Å²) in [7, 11) is 0. The fourth-order valence-electron chi connectivity index (χ4n) is 6.67. The molecule has 0 nitrogen and oxygen atoms in total. The minimum Gasteiger partial charge on any atom is -0.0620 e. The van der Waals surface area contributed by atoms with Crippen molar-refractivity contribution < 1.29 is 4.11 Å². The Morgan fingerprint density at radius 1 is 0.615 bits per heavy atom. The highest BCUT2D eigenvalue weighted by atomic mass is 14.7. The van der Waals surface area contributed by atoms with Crippen molar-refractivity contribution in [2.24, 2.45) is 5.41 Å². The summed E-state index contributed by atoms with van der Waals surface area (Å²) in [5.74, 6) is -3.03. The van der Waals surface area contributed by atoms with E-state index in [0.29, 0.717) is 0 Å². The average molecular weight is 337 g/mol. The molecule has 5 atom stereocenters. The van der Waals surface area contributed by atoms with Crippen molar-refractivity contribution in [2.45, 2.75) is 42.9 Å². The second-order valence-corrected chi connectivity index (χ2v) is 8.16. The molecule has 0 heterocycles. The van der Waals surface area contributed by atoms with E-state index in [2.05, 4.69) is 42.5 Å². The first kappa shape index (κ1) is 11.4. The van der Waals surface area contributed by atoms with Crippen LogP contribution in [0.1, 0.15) is 80.4 Å². The monoisotopic (exact) mass is 337 g/mol. The van der Waals surface area contributed by atoms with Gasteiger partial charge in [-0.05, 0) is 58.0 Å². The minimum atomic E-state index is -1.08. The molecular formula is C26H22. The largest absolute Gasteiger partial charge is 0.0620 e. The van der Waals surface area contributed by atoms with Crippen LogP contribution in [0.25, 0.3) is 0 Å². The molecule has 0 aliphatic heterocycles. The molecule has 0 N–H and O–H groups in total. The van der Waals surface area contributed by atoms with E-state index >= 15 is 0 Å². The topological polar surface area (TPSA) is 0 Å². The standard InChI is InChI=1S/C26H22/c1-3-10-18-16(8-1)22-14-7-15-23-17-9-2-4-11-19(17)25-21-13-6-5-12-20(21)24(18)26(22,23)25/h1-6,8-13,22-25H,7,14-15H2/t22-,23+,24-,25+,26?/i22D,24D,25D/m1/s1. The molecule has 26 heavy (non-hydrogen) atoms. The number of benzene rings is 3. The Morgan fingerprint density at radius 3 is 1.69 bits per heavy atom. The molecule has 4 aliphatic rings. The number of fused-ring (bicyclic) bond motifs is 9. The lowest BCUT2D eigenvalue weighted by atomic mass is 9.56. The van der Waals surface area contributed by atoms with Gasteiger partial charge in [-0.15, -0.1) is 0 Å². The van der Waals surface area contributed by atoms with E-state index in [4.69, 9.17) is 0 Å². The smallest absolute Gasteiger partial charge is 0.0409 e. The van der Waals surface area contributed by atoms with Crippen molar-refractivity contribution in [3.05, 3.63) is 106 Å². The molecule has 7 rings (SSSR count). The summed E-state index contributed by atoms with van der Waals surface area (Å²) in [6.45, 7) is 0. The second kappa shape index (κ2) is 4.49. The van der Waals surface area contributed by atoms with Gasteiger partial charge in [-0.1, -0.05) is 79.2 Å². The molecule has 0 amide bonds. The molecule has 1 unspecified atom stereocenters. The highest BCUT2D eigenvalue weighted by Gasteiger charge is 2.69. The SMILES string of the molecule is [2H][C@]12c3ccccc3[C@@H]3CCC[C@]4([2H])c5ccccc5[C@]([2H])(c5ccccc51)C324. The molecule has 126 valence electrons. The van der Waals surface area contributed by atoms with Crippen LogP contribution < -0.4 is 0 Å². The van der Waals surface area contributed by atoms with Crippen LogP contribution >= 0.6 is 0 Å². The van der Waals surface area contributed by atoms with Crippen LogP contribution in [0.4, 0.5) is 0 Å². The van der Waals surface area contributed by atoms with Crippen LogP contribution in [0.3, 0.4) is 0 Å². The summed E-state index contributed by atoms with van der Waals surface area (Å²) in [5, 5.41) is 0. The molecule has 3 aromatic rings. The molecule has 0 radical (unpaired) electrons. The van der Waals surface area contributed by atoms with E-state index in [1.165, 1.54) is 5.56 Å². The molecule has 0 saturated heterocycles. The van der Waals surface area contributed by atoms with Gasteiger partial charge in [0.1, 0.15) is 0 Å². The molecule has 1 spiro atoms. The maximum Gasteiger partial charge on any atom is 0.0409 e. The van der Waals surface area contributed by atoms with Crippen LogP contribution in [0.2, 0.25) is 0 Å². The third kappa shape index (κ3) is 1.29. The average Bonchev–Trinajstić information content (AvgIpc) is 3.20. The van der Waals surface area contributed by atoms with Gasteiger partial charge in [0.25, 0.3) is 0 Å². The minimum absolute atomic E-state index is 0.0553. The van der Waals surface area contributed by atoms with Gasteiger partial charge in [-0.3, -0.25) is 0 Å². The van der Waals surface area contributed by atoms with Gasteiger partial charge in [0.05, 0.1) is 0 Å². The maximum absolute atomic E-state index is 10.2. The van der Waals surface area contributed by atoms with Gasteiger partial charge in [0, 0.05) is 21.3 Å². The Bertz CT molecular complexity index is 1190. The second-order valence-electron chi connectivity index (χ2n) is 8.16. The van der Waals surface area contributed by atoms with Crippen molar-refractivity contribution >= 4 is 0 Å². The summed E-state index contributed by atoms with van der Waals surface area (Å²) in [6, 6.07) is 24.7. The van der Waals surface area contributed by atoms with Gasteiger partial charge in [0.2, 0.25) is 0 Å². The molecule has 1 fully saturated rings. The lowest BCUT2D eigenvalue weighted by molar-refractivity contribution is 0.125. The van der Waals surface area contributed by atoms with E-state index in [9.17, 15) is 4.11 Å². The fraction of sp³-hybridized carbons (Fsp3) is 0.308. The first-order valence-corrected chi connectivity index (χ1v) is 9.82. The van der Waals surface area contributed by atoms with E-state index in [1.807, 2.05) is 30.3 Å². The van der Waals surface area contributed by atoms with Crippen molar-refractivity contribution in [2.75, 3.05) is 0 Å². The first-order valence-electron chi connectivity index (χ1n) is 11.3. The quantitative estimate of drug-likeness (QED) is 0.450. The zero-order valence-corrected chi connectivity index (χ0v) is 14.6. The van der Waals surface area contributed by atoms with Gasteiger partial charge in [0.15, 0.2) is 0 Å². The summed E-state index contributed by atoms with van der Waals surface area (Å²) in [5.41, 5.74) is 5.23. The van der Waals surface area contributed by atoms with Crippen LogP contribution in [0, 0.1) is 5.41 Å². The lowest BCUT2D eigenvalue weighted by Gasteiger charge is -2.46. The number of hydrogen-bond donors (Lipinski definition) is 0. The highest BCUT2D eigenvalue weighted by Crippen LogP contribution is 2.80. The normalized spacial score (nSPS) is 44.8. The van der Waals surface area contributed by atoms with Crippen molar-refractivity contribution in [1.82, 2.24) is 0 Å². The van der Waals surface area contributed by atoms with Gasteiger partial charge < -0.3 is 0 Å². The van der Waals surface area contributed by atoms with Crippen LogP contribution in [-0.4, -0.2) is 0 Å². The Balaban J connectivity index is 1.75. The van der Waals surface area contributed by atoms with Gasteiger partial charge >= 0.3 is 0 Å². The third-order valence-corrected chi connectivity index (χ3v) is 7.30. The van der Waals surface area contributed by atoms with Crippen molar-refractivity contribution in [1.29, 1.82) is 0 Å². The maximum atomic E-state index is 10.2. The first-order chi connectivity index (χ1) is 14.0. The summed E-state index contributed by atoms with van der Waals surface area (Å²) in [6.07, 6.45) is 2.66. The Kier molecular flexibility index (Phi) is 1.97. The summed E-state index contributed by atoms with van der Waals surface area (Å²) < 4.78 is 30.3. The predicted octanol–water partition coefficient (Wildman–Crippen LogP) is 6.33. The van der Waals surface area contributed by atoms with Gasteiger partial charge in [-0.2, -0.15) is 0 Å². The van der Waals surface area contributed by atoms with Crippen molar-refractivity contribution in [3.63, 3.8) is 0 Å². The predicted molar refractivity (Wildman–Crippen MR) is 105 cm³/mol. The van der Waals surface area contributed by atoms with Crippen molar-refractivity contribution in [3.8, 4) is 0 Å². The van der Waals surface area contributed by atoms with Crippen LogP contribution in [0.5, 0.6) is 0 Å².